The number of esters is 1. The van der Waals surface area contributed by atoms with E-state index in [-0.39, 0.29) is 12.0 Å². The first kappa shape index (κ1) is 14.0. The van der Waals surface area contributed by atoms with Crippen LogP contribution < -0.4 is 5.32 Å². The third-order valence-electron chi connectivity index (χ3n) is 2.38. The van der Waals surface area contributed by atoms with Gasteiger partial charge >= 0.3 is 5.97 Å². The van der Waals surface area contributed by atoms with Crippen molar-refractivity contribution in [1.29, 1.82) is 0 Å². The molecule has 17 heavy (non-hydrogen) atoms. The van der Waals surface area contributed by atoms with Gasteiger partial charge in [-0.05, 0) is 25.5 Å². The van der Waals surface area contributed by atoms with Crippen molar-refractivity contribution < 1.29 is 9.53 Å². The molecule has 0 spiro atoms. The van der Waals surface area contributed by atoms with Crippen LogP contribution in [0, 0.1) is 0 Å². The fraction of sp³-hybridized carbons (Fsp3) is 0.462. The highest BCUT2D eigenvalue weighted by Crippen LogP contribution is 2.14. The third-order valence-corrected chi connectivity index (χ3v) is 2.75. The molecule has 0 bridgehead atoms. The molecule has 1 atom stereocenters. The quantitative estimate of drug-likeness (QED) is 0.795. The summed E-state index contributed by atoms with van der Waals surface area (Å²) < 4.78 is 4.88. The van der Waals surface area contributed by atoms with Crippen molar-refractivity contribution in [1.82, 2.24) is 5.32 Å². The number of nitrogens with one attached hydrogen (secondary N) is 1. The fourth-order valence-electron chi connectivity index (χ4n) is 1.47. The molecular weight excluding hydrogens is 238 g/mol. The zero-order chi connectivity index (χ0) is 12.7. The second-order valence-electron chi connectivity index (χ2n) is 3.88. The van der Waals surface area contributed by atoms with Crippen LogP contribution in [0.15, 0.2) is 24.3 Å². The highest BCUT2D eigenvalue weighted by Gasteiger charge is 2.09. The second-order valence-corrected chi connectivity index (χ2v) is 4.29. The largest absolute Gasteiger partial charge is 0.466 e. The molecule has 0 aliphatic heterocycles. The van der Waals surface area contributed by atoms with Crippen molar-refractivity contribution in [2.75, 3.05) is 6.61 Å². The summed E-state index contributed by atoms with van der Waals surface area (Å²) in [6.45, 7) is 4.84. The first-order chi connectivity index (χ1) is 8.13. The summed E-state index contributed by atoms with van der Waals surface area (Å²) in [5.74, 6) is -0.174. The topological polar surface area (TPSA) is 38.3 Å². The van der Waals surface area contributed by atoms with Crippen molar-refractivity contribution >= 4 is 17.6 Å². The Labute approximate surface area is 107 Å². The summed E-state index contributed by atoms with van der Waals surface area (Å²) >= 11 is 6.03. The number of hydrogen-bond donors (Lipinski definition) is 1. The summed E-state index contributed by atoms with van der Waals surface area (Å²) in [4.78, 5) is 11.2. The van der Waals surface area contributed by atoms with E-state index in [1.807, 2.05) is 31.2 Å². The molecule has 0 heterocycles. The van der Waals surface area contributed by atoms with Crippen LogP contribution in [0.5, 0.6) is 0 Å². The minimum Gasteiger partial charge on any atom is -0.466 e. The molecule has 1 aromatic rings. The molecule has 0 aliphatic rings. The van der Waals surface area contributed by atoms with E-state index in [2.05, 4.69) is 5.32 Å². The van der Waals surface area contributed by atoms with Gasteiger partial charge in [0, 0.05) is 17.6 Å². The van der Waals surface area contributed by atoms with Crippen LogP contribution in [0.3, 0.4) is 0 Å². The maximum Gasteiger partial charge on any atom is 0.307 e. The molecule has 0 aliphatic carbocycles. The van der Waals surface area contributed by atoms with E-state index in [0.29, 0.717) is 19.6 Å². The average Bonchev–Trinajstić information content (AvgIpc) is 2.28. The molecule has 1 aromatic carbocycles. The molecule has 1 N–H and O–H groups in total. The number of carbonyl (C=O) groups excluding carboxylic acids is 1. The molecule has 0 saturated carbocycles. The Kier molecular flexibility index (Phi) is 6.01. The van der Waals surface area contributed by atoms with Gasteiger partial charge in [-0.3, -0.25) is 4.79 Å². The van der Waals surface area contributed by atoms with Crippen LogP contribution >= 0.6 is 11.6 Å². The molecule has 4 heteroatoms. The molecule has 0 amide bonds. The lowest BCUT2D eigenvalue weighted by Gasteiger charge is -2.13. The van der Waals surface area contributed by atoms with Gasteiger partial charge in [0.15, 0.2) is 0 Å². The predicted molar refractivity (Wildman–Crippen MR) is 69.0 cm³/mol. The van der Waals surface area contributed by atoms with Crippen LogP contribution in [0.4, 0.5) is 0 Å². The molecular formula is C13H18ClNO2. The van der Waals surface area contributed by atoms with E-state index in [0.717, 1.165) is 10.6 Å². The van der Waals surface area contributed by atoms with Crippen LogP contribution in [-0.2, 0) is 16.1 Å². The summed E-state index contributed by atoms with van der Waals surface area (Å²) in [6, 6.07) is 7.73. The Morgan fingerprint density at radius 3 is 2.82 bits per heavy atom. The Morgan fingerprint density at radius 1 is 1.47 bits per heavy atom. The third kappa shape index (κ3) is 5.20. The van der Waals surface area contributed by atoms with Crippen molar-refractivity contribution in [3.63, 3.8) is 0 Å². The molecule has 0 aromatic heterocycles. The van der Waals surface area contributed by atoms with Gasteiger partial charge < -0.3 is 10.1 Å². The van der Waals surface area contributed by atoms with Gasteiger partial charge in [0.25, 0.3) is 0 Å². The zero-order valence-electron chi connectivity index (χ0n) is 10.2. The number of halogens is 1. The van der Waals surface area contributed by atoms with Crippen molar-refractivity contribution in [3.8, 4) is 0 Å². The minimum absolute atomic E-state index is 0.0744. The Morgan fingerprint density at radius 2 is 2.18 bits per heavy atom. The van der Waals surface area contributed by atoms with Crippen LogP contribution in [0.1, 0.15) is 25.8 Å². The van der Waals surface area contributed by atoms with Crippen molar-refractivity contribution in [2.45, 2.75) is 32.9 Å². The van der Waals surface area contributed by atoms with Crippen LogP contribution in [0.25, 0.3) is 0 Å². The normalized spacial score (nSPS) is 12.2. The molecule has 1 unspecified atom stereocenters. The molecule has 1 rings (SSSR count). The lowest BCUT2D eigenvalue weighted by molar-refractivity contribution is -0.143. The Balaban J connectivity index is 2.35. The molecule has 0 radical (unpaired) electrons. The molecule has 3 nitrogen and oxygen atoms in total. The van der Waals surface area contributed by atoms with E-state index < -0.39 is 0 Å². The van der Waals surface area contributed by atoms with Gasteiger partial charge in [-0.1, -0.05) is 29.8 Å². The lowest BCUT2D eigenvalue weighted by atomic mass is 10.2. The van der Waals surface area contributed by atoms with Crippen molar-refractivity contribution in [3.05, 3.63) is 34.9 Å². The van der Waals surface area contributed by atoms with Crippen molar-refractivity contribution in [2.24, 2.45) is 0 Å². The first-order valence-electron chi connectivity index (χ1n) is 5.76. The number of hydrogen-bond acceptors (Lipinski definition) is 3. The summed E-state index contributed by atoms with van der Waals surface area (Å²) in [7, 11) is 0. The Hall–Kier alpha value is -1.06. The standard InChI is InChI=1S/C13H18ClNO2/c1-3-17-13(16)8-10(2)15-9-11-6-4-5-7-12(11)14/h4-7,10,15H,3,8-9H2,1-2H3. The Bertz CT molecular complexity index is 368. The number of ether oxygens (including phenoxy) is 1. The van der Waals surface area contributed by atoms with E-state index >= 15 is 0 Å². The smallest absolute Gasteiger partial charge is 0.307 e. The summed E-state index contributed by atoms with van der Waals surface area (Å²) in [6.07, 6.45) is 0.373. The minimum atomic E-state index is -0.174. The fourth-order valence-corrected chi connectivity index (χ4v) is 1.67. The van der Waals surface area contributed by atoms with Crippen LogP contribution in [-0.4, -0.2) is 18.6 Å². The average molecular weight is 256 g/mol. The molecule has 94 valence electrons. The highest BCUT2D eigenvalue weighted by atomic mass is 35.5. The summed E-state index contributed by atoms with van der Waals surface area (Å²) in [5, 5.41) is 3.98. The number of rotatable bonds is 6. The van der Waals surface area contributed by atoms with Gasteiger partial charge in [0.1, 0.15) is 0 Å². The maximum absolute atomic E-state index is 11.2. The monoisotopic (exact) mass is 255 g/mol. The maximum atomic E-state index is 11.2. The van der Waals surface area contributed by atoms with Crippen LogP contribution in [0.2, 0.25) is 5.02 Å². The zero-order valence-corrected chi connectivity index (χ0v) is 11.0. The first-order valence-corrected chi connectivity index (χ1v) is 6.13. The van der Waals surface area contributed by atoms with Gasteiger partial charge in [-0.25, -0.2) is 0 Å². The SMILES string of the molecule is CCOC(=O)CC(C)NCc1ccccc1Cl. The predicted octanol–water partition coefficient (Wildman–Crippen LogP) is 2.77. The summed E-state index contributed by atoms with van der Waals surface area (Å²) in [5.41, 5.74) is 1.03. The number of carbonyl (C=O) groups is 1. The van der Waals surface area contributed by atoms with Gasteiger partial charge in [0.2, 0.25) is 0 Å². The van der Waals surface area contributed by atoms with Gasteiger partial charge in [-0.15, -0.1) is 0 Å². The molecule has 0 fully saturated rings. The number of benzene rings is 1. The van der Waals surface area contributed by atoms with Gasteiger partial charge in [-0.2, -0.15) is 0 Å². The van der Waals surface area contributed by atoms with Gasteiger partial charge in [0.05, 0.1) is 13.0 Å². The van der Waals surface area contributed by atoms with E-state index in [9.17, 15) is 4.79 Å². The molecule has 0 saturated heterocycles. The van der Waals surface area contributed by atoms with E-state index in [1.165, 1.54) is 0 Å². The van der Waals surface area contributed by atoms with E-state index in [1.54, 1.807) is 6.92 Å². The highest BCUT2D eigenvalue weighted by molar-refractivity contribution is 6.31. The lowest BCUT2D eigenvalue weighted by Crippen LogP contribution is -2.28. The van der Waals surface area contributed by atoms with E-state index in [4.69, 9.17) is 16.3 Å². The second kappa shape index (κ2) is 7.30.